The largest absolute Gasteiger partial charge is 0.497 e. The Labute approximate surface area is 195 Å². The van der Waals surface area contributed by atoms with E-state index in [9.17, 15) is 4.79 Å². The molecule has 2 N–H and O–H groups in total. The van der Waals surface area contributed by atoms with Crippen LogP contribution in [-0.4, -0.2) is 62.4 Å². The second-order valence-corrected chi connectivity index (χ2v) is 8.26. The first-order valence-corrected chi connectivity index (χ1v) is 11.3. The maximum atomic E-state index is 13.0. The van der Waals surface area contributed by atoms with Crippen molar-refractivity contribution in [3.63, 3.8) is 0 Å². The number of rotatable bonds is 7. The molecule has 0 aliphatic carbocycles. The highest BCUT2D eigenvalue weighted by molar-refractivity contribution is 6.06. The van der Waals surface area contributed by atoms with Gasteiger partial charge < -0.3 is 20.1 Å². The Morgan fingerprint density at radius 2 is 1.67 bits per heavy atom. The van der Waals surface area contributed by atoms with Crippen LogP contribution >= 0.6 is 0 Å². The number of hydrogen-bond acceptors (Lipinski definition) is 5. The molecule has 0 aromatic heterocycles. The van der Waals surface area contributed by atoms with Crippen LogP contribution in [0.3, 0.4) is 0 Å². The van der Waals surface area contributed by atoms with E-state index in [0.717, 1.165) is 66.5 Å². The van der Waals surface area contributed by atoms with Crippen LogP contribution in [0, 0.1) is 6.92 Å². The standard InChI is InChI=1S/C27H31N3O3/c1-20-25(21-6-12-24(33-2)13-7-21)4-3-5-26(20)27(32)28-22-8-10-23(11-9-22)30-16-14-29(15-17-30)18-19-31/h3-13,31H,14-19H2,1-2H3,(H,28,32). The van der Waals surface area contributed by atoms with Crippen molar-refractivity contribution in [2.45, 2.75) is 6.92 Å². The van der Waals surface area contributed by atoms with Gasteiger partial charge >= 0.3 is 0 Å². The molecule has 1 aliphatic rings. The molecule has 0 unspecified atom stereocenters. The van der Waals surface area contributed by atoms with E-state index in [1.54, 1.807) is 7.11 Å². The van der Waals surface area contributed by atoms with E-state index in [2.05, 4.69) is 27.2 Å². The molecular formula is C27H31N3O3. The fourth-order valence-electron chi connectivity index (χ4n) is 4.29. The second-order valence-electron chi connectivity index (χ2n) is 8.26. The number of aliphatic hydroxyl groups excluding tert-OH is 1. The number of carbonyl (C=O) groups excluding carboxylic acids is 1. The summed E-state index contributed by atoms with van der Waals surface area (Å²) in [4.78, 5) is 17.6. The number of anilines is 2. The van der Waals surface area contributed by atoms with E-state index in [4.69, 9.17) is 9.84 Å². The molecule has 6 heteroatoms. The molecule has 0 spiro atoms. The minimum atomic E-state index is -0.117. The number of β-amino-alcohol motifs (C(OH)–C–C–N with tert-alkyl or cyclic N) is 1. The summed E-state index contributed by atoms with van der Waals surface area (Å²) in [5.74, 6) is 0.689. The third-order valence-electron chi connectivity index (χ3n) is 6.26. The quantitative estimate of drug-likeness (QED) is 0.575. The van der Waals surface area contributed by atoms with Crippen molar-refractivity contribution in [1.29, 1.82) is 0 Å². The van der Waals surface area contributed by atoms with Crippen LogP contribution in [-0.2, 0) is 0 Å². The maximum absolute atomic E-state index is 13.0. The van der Waals surface area contributed by atoms with E-state index in [-0.39, 0.29) is 12.5 Å². The highest BCUT2D eigenvalue weighted by Gasteiger charge is 2.17. The van der Waals surface area contributed by atoms with Crippen molar-refractivity contribution >= 4 is 17.3 Å². The van der Waals surface area contributed by atoms with Gasteiger partial charge in [0.15, 0.2) is 0 Å². The van der Waals surface area contributed by atoms with Gasteiger partial charge in [-0.25, -0.2) is 0 Å². The highest BCUT2D eigenvalue weighted by Crippen LogP contribution is 2.28. The summed E-state index contributed by atoms with van der Waals surface area (Å²) < 4.78 is 5.25. The molecule has 3 aromatic carbocycles. The van der Waals surface area contributed by atoms with Crippen molar-refractivity contribution < 1.29 is 14.6 Å². The first kappa shape index (κ1) is 22.8. The zero-order valence-corrected chi connectivity index (χ0v) is 19.3. The predicted octanol–water partition coefficient (Wildman–Crippen LogP) is 4.04. The van der Waals surface area contributed by atoms with Crippen molar-refractivity contribution in [1.82, 2.24) is 4.90 Å². The average molecular weight is 446 g/mol. The monoisotopic (exact) mass is 445 g/mol. The molecule has 33 heavy (non-hydrogen) atoms. The van der Waals surface area contributed by atoms with Crippen LogP contribution in [0.1, 0.15) is 15.9 Å². The fourth-order valence-corrected chi connectivity index (χ4v) is 4.29. The van der Waals surface area contributed by atoms with Crippen LogP contribution in [0.25, 0.3) is 11.1 Å². The van der Waals surface area contributed by atoms with Gasteiger partial charge in [0.2, 0.25) is 0 Å². The van der Waals surface area contributed by atoms with Gasteiger partial charge in [-0.2, -0.15) is 0 Å². The minimum absolute atomic E-state index is 0.117. The predicted molar refractivity (Wildman–Crippen MR) is 133 cm³/mol. The van der Waals surface area contributed by atoms with Crippen LogP contribution in [0.2, 0.25) is 0 Å². The summed E-state index contributed by atoms with van der Waals surface area (Å²) >= 11 is 0. The molecule has 4 rings (SSSR count). The van der Waals surface area contributed by atoms with E-state index in [1.807, 2.05) is 61.5 Å². The molecular weight excluding hydrogens is 414 g/mol. The molecule has 1 fully saturated rings. The van der Waals surface area contributed by atoms with E-state index < -0.39 is 0 Å². The number of piperazine rings is 1. The van der Waals surface area contributed by atoms with Gasteiger partial charge in [-0.15, -0.1) is 0 Å². The van der Waals surface area contributed by atoms with Gasteiger partial charge in [0.05, 0.1) is 13.7 Å². The zero-order valence-electron chi connectivity index (χ0n) is 19.3. The molecule has 172 valence electrons. The summed E-state index contributed by atoms with van der Waals surface area (Å²) in [6.07, 6.45) is 0. The number of ether oxygens (including phenoxy) is 1. The number of benzene rings is 3. The zero-order chi connectivity index (χ0) is 23.2. The lowest BCUT2D eigenvalue weighted by Gasteiger charge is -2.35. The Morgan fingerprint density at radius 3 is 2.30 bits per heavy atom. The van der Waals surface area contributed by atoms with Crippen molar-refractivity contribution in [3.05, 3.63) is 77.9 Å². The van der Waals surface area contributed by atoms with Crippen LogP contribution in [0.4, 0.5) is 11.4 Å². The summed E-state index contributed by atoms with van der Waals surface area (Å²) in [7, 11) is 1.65. The second kappa shape index (κ2) is 10.5. The van der Waals surface area contributed by atoms with Gasteiger partial charge in [-0.3, -0.25) is 9.69 Å². The van der Waals surface area contributed by atoms with Gasteiger partial charge in [0, 0.05) is 49.7 Å². The van der Waals surface area contributed by atoms with Crippen LogP contribution < -0.4 is 15.0 Å². The van der Waals surface area contributed by atoms with Crippen molar-refractivity contribution in [2.24, 2.45) is 0 Å². The summed E-state index contributed by atoms with van der Waals surface area (Å²) in [5, 5.41) is 12.1. The van der Waals surface area contributed by atoms with Crippen LogP contribution in [0.5, 0.6) is 5.75 Å². The third-order valence-corrected chi connectivity index (χ3v) is 6.26. The van der Waals surface area contributed by atoms with Gasteiger partial charge in [-0.1, -0.05) is 24.3 Å². The smallest absolute Gasteiger partial charge is 0.255 e. The summed E-state index contributed by atoms with van der Waals surface area (Å²) in [6, 6.07) is 21.7. The summed E-state index contributed by atoms with van der Waals surface area (Å²) in [6.45, 7) is 6.68. The number of nitrogens with zero attached hydrogens (tertiary/aromatic N) is 2. The van der Waals surface area contributed by atoms with Gasteiger partial charge in [-0.05, 0) is 66.1 Å². The first-order chi connectivity index (χ1) is 16.1. The molecule has 0 bridgehead atoms. The topological polar surface area (TPSA) is 65.0 Å². The lowest BCUT2D eigenvalue weighted by atomic mass is 9.96. The van der Waals surface area contributed by atoms with Crippen LogP contribution in [0.15, 0.2) is 66.7 Å². The molecule has 1 saturated heterocycles. The summed E-state index contributed by atoms with van der Waals surface area (Å²) in [5.41, 5.74) is 5.60. The Morgan fingerprint density at radius 1 is 0.970 bits per heavy atom. The molecule has 1 aliphatic heterocycles. The Hall–Kier alpha value is -3.35. The number of nitrogens with one attached hydrogen (secondary N) is 1. The Bertz CT molecular complexity index is 1070. The molecule has 0 radical (unpaired) electrons. The lowest BCUT2D eigenvalue weighted by Crippen LogP contribution is -2.47. The van der Waals surface area contributed by atoms with Gasteiger partial charge in [0.25, 0.3) is 5.91 Å². The van der Waals surface area contributed by atoms with E-state index in [1.165, 1.54) is 0 Å². The average Bonchev–Trinajstić information content (AvgIpc) is 2.85. The van der Waals surface area contributed by atoms with E-state index in [0.29, 0.717) is 5.56 Å². The molecule has 0 atom stereocenters. The number of methoxy groups -OCH3 is 1. The molecule has 0 saturated carbocycles. The number of hydrogen-bond donors (Lipinski definition) is 2. The highest BCUT2D eigenvalue weighted by atomic mass is 16.5. The minimum Gasteiger partial charge on any atom is -0.497 e. The maximum Gasteiger partial charge on any atom is 0.255 e. The van der Waals surface area contributed by atoms with E-state index >= 15 is 0 Å². The normalized spacial score (nSPS) is 14.2. The molecule has 3 aromatic rings. The fraction of sp³-hybridized carbons (Fsp3) is 0.296. The number of carbonyl (C=O) groups is 1. The first-order valence-electron chi connectivity index (χ1n) is 11.3. The lowest BCUT2D eigenvalue weighted by molar-refractivity contribution is 0.102. The van der Waals surface area contributed by atoms with Crippen molar-refractivity contribution in [2.75, 3.05) is 56.7 Å². The molecule has 6 nitrogen and oxygen atoms in total. The number of aliphatic hydroxyl groups is 1. The van der Waals surface area contributed by atoms with Crippen molar-refractivity contribution in [3.8, 4) is 16.9 Å². The van der Waals surface area contributed by atoms with Gasteiger partial charge in [0.1, 0.15) is 5.75 Å². The SMILES string of the molecule is COc1ccc(-c2cccc(C(=O)Nc3ccc(N4CCN(CCO)CC4)cc3)c2C)cc1. The Balaban J connectivity index is 1.43. The third kappa shape index (κ3) is 5.35. The number of amides is 1. The molecule has 1 heterocycles. The molecule has 1 amide bonds. The Kier molecular flexibility index (Phi) is 7.27.